The molecule has 246 valence electrons. The van der Waals surface area contributed by atoms with E-state index >= 15 is 8.78 Å². The number of nitrogens with two attached hydrogens (primary N) is 1. The monoisotopic (exact) mass is 647 g/mol. The minimum atomic E-state index is -0.940. The van der Waals surface area contributed by atoms with Crippen LogP contribution in [0.3, 0.4) is 0 Å². The molecule has 3 N–H and O–H groups in total. The molecule has 10 nitrogen and oxygen atoms in total. The van der Waals surface area contributed by atoms with Gasteiger partial charge in [-0.2, -0.15) is 9.97 Å². The molecule has 1 amide bonds. The Morgan fingerprint density at radius 3 is 2.72 bits per heavy atom. The maximum Gasteiger partial charge on any atom is 0.319 e. The summed E-state index contributed by atoms with van der Waals surface area (Å²) in [7, 11) is 0. The van der Waals surface area contributed by atoms with Crippen LogP contribution in [0.15, 0.2) is 36.5 Å². The summed E-state index contributed by atoms with van der Waals surface area (Å²) in [5, 5.41) is 11.3. The summed E-state index contributed by atoms with van der Waals surface area (Å²) < 4.78 is 52.6. The number of anilines is 1. The lowest BCUT2D eigenvalue weighted by Crippen LogP contribution is -2.56. The Hall–Kier alpha value is -4.23. The molecule has 6 heterocycles. The van der Waals surface area contributed by atoms with Gasteiger partial charge in [-0.05, 0) is 55.8 Å². The van der Waals surface area contributed by atoms with Crippen LogP contribution in [0.4, 0.5) is 19.0 Å². The van der Waals surface area contributed by atoms with Crippen molar-refractivity contribution in [2.75, 3.05) is 44.2 Å². The van der Waals surface area contributed by atoms with Gasteiger partial charge in [-0.15, -0.1) is 0 Å². The van der Waals surface area contributed by atoms with Crippen LogP contribution in [0.5, 0.6) is 11.8 Å². The second-order valence-electron chi connectivity index (χ2n) is 13.3. The van der Waals surface area contributed by atoms with E-state index in [0.29, 0.717) is 42.6 Å². The average Bonchev–Trinajstić information content (AvgIpc) is 3.66. The second-order valence-corrected chi connectivity index (χ2v) is 13.3. The van der Waals surface area contributed by atoms with Gasteiger partial charge in [0.05, 0.1) is 10.9 Å². The van der Waals surface area contributed by atoms with Crippen LogP contribution in [-0.2, 0) is 4.79 Å². The number of hydrogen-bond donors (Lipinski definition) is 2. The van der Waals surface area contributed by atoms with Crippen molar-refractivity contribution in [3.8, 4) is 23.0 Å². The number of phenolic OH excluding ortho intramolecular Hbond substituents is 1. The summed E-state index contributed by atoms with van der Waals surface area (Å²) in [5.41, 5.74) is 5.07. The van der Waals surface area contributed by atoms with E-state index in [1.54, 1.807) is 6.07 Å². The SMILES string of the molecule is NCCC(=O)N1C2CCC1CN(c1nc(OC[C@@]34CCCN3C[C@H](F)C4)nc3c(F)c(-c4cc(O)cc5cccc(F)c45)ncc13)C2. The van der Waals surface area contributed by atoms with Crippen molar-refractivity contribution >= 4 is 33.4 Å². The standard InChI is InChI=1S/C34H36F3N7O3/c35-20-13-34(8-2-10-43(34)15-20)18-47-33-40-31-25(32(41-33)42-16-21-5-6-22(17-42)44(21)27(46)7-9-38)14-39-30(29(31)37)24-12-23(45)11-19-3-1-4-26(36)28(19)24/h1,3-4,11-12,14,20-22,45H,2,5-10,13,15-18,38H2/t20-,21?,22?,34+/m1/s1. The zero-order valence-corrected chi connectivity index (χ0v) is 25.8. The topological polar surface area (TPSA) is 121 Å². The molecule has 8 rings (SSSR count). The second kappa shape index (κ2) is 11.5. The van der Waals surface area contributed by atoms with Crippen molar-refractivity contribution in [1.29, 1.82) is 0 Å². The molecule has 4 saturated heterocycles. The first-order chi connectivity index (χ1) is 22.7. The van der Waals surface area contributed by atoms with Gasteiger partial charge in [0.15, 0.2) is 5.82 Å². The molecule has 2 bridgehead atoms. The number of nitrogens with zero attached hydrogens (tertiary/aromatic N) is 6. The van der Waals surface area contributed by atoms with E-state index in [1.807, 2.05) is 9.80 Å². The maximum absolute atomic E-state index is 16.7. The average molecular weight is 648 g/mol. The van der Waals surface area contributed by atoms with Crippen LogP contribution < -0.4 is 15.4 Å². The number of carbonyl (C=O) groups excluding carboxylic acids is 1. The maximum atomic E-state index is 16.7. The Kier molecular flexibility index (Phi) is 7.36. The molecule has 0 saturated carbocycles. The molecular weight excluding hydrogens is 611 g/mol. The number of ether oxygens (including phenoxy) is 1. The smallest absolute Gasteiger partial charge is 0.319 e. The number of aromatic nitrogens is 3. The van der Waals surface area contributed by atoms with Crippen molar-refractivity contribution in [2.45, 2.75) is 62.3 Å². The summed E-state index contributed by atoms with van der Waals surface area (Å²) in [6, 6.07) is 6.98. The molecule has 4 aliphatic rings. The molecule has 4 fully saturated rings. The van der Waals surface area contributed by atoms with Gasteiger partial charge in [-0.3, -0.25) is 14.7 Å². The lowest BCUT2D eigenvalue weighted by molar-refractivity contribution is -0.134. The third-order valence-electron chi connectivity index (χ3n) is 10.5. The van der Waals surface area contributed by atoms with Crippen LogP contribution in [-0.4, -0.2) is 98.9 Å². The number of halogens is 3. The summed E-state index contributed by atoms with van der Waals surface area (Å²) in [5.74, 6) is -1.09. The third kappa shape index (κ3) is 5.02. The van der Waals surface area contributed by atoms with Gasteiger partial charge < -0.3 is 25.4 Å². The zero-order valence-electron chi connectivity index (χ0n) is 25.8. The first kappa shape index (κ1) is 30.1. The predicted octanol–water partition coefficient (Wildman–Crippen LogP) is 4.31. The van der Waals surface area contributed by atoms with E-state index < -0.39 is 23.3 Å². The zero-order chi connectivity index (χ0) is 32.4. The van der Waals surface area contributed by atoms with Crippen molar-refractivity contribution < 1.29 is 27.8 Å². The fraction of sp³-hybridized carbons (Fsp3) is 0.471. The normalized spacial score (nSPS) is 25.7. The van der Waals surface area contributed by atoms with Gasteiger partial charge >= 0.3 is 6.01 Å². The fourth-order valence-electron chi connectivity index (χ4n) is 8.45. The summed E-state index contributed by atoms with van der Waals surface area (Å²) >= 11 is 0. The number of carbonyl (C=O) groups is 1. The minimum absolute atomic E-state index is 0.0299. The van der Waals surface area contributed by atoms with E-state index in [9.17, 15) is 14.3 Å². The number of pyridine rings is 1. The lowest BCUT2D eigenvalue weighted by atomic mass is 9.95. The highest BCUT2D eigenvalue weighted by atomic mass is 19.1. The number of amides is 1. The van der Waals surface area contributed by atoms with Crippen molar-refractivity contribution in [2.24, 2.45) is 5.73 Å². The van der Waals surface area contributed by atoms with Gasteiger partial charge in [-0.1, -0.05) is 12.1 Å². The summed E-state index contributed by atoms with van der Waals surface area (Å²) in [6.45, 7) is 2.55. The molecule has 0 radical (unpaired) electrons. The molecule has 47 heavy (non-hydrogen) atoms. The lowest BCUT2D eigenvalue weighted by Gasteiger charge is -2.42. The quantitative estimate of drug-likeness (QED) is 0.302. The number of hydrogen-bond acceptors (Lipinski definition) is 9. The van der Waals surface area contributed by atoms with Crippen LogP contribution in [0.1, 0.15) is 38.5 Å². The molecule has 0 aliphatic carbocycles. The highest BCUT2D eigenvalue weighted by Crippen LogP contribution is 2.42. The van der Waals surface area contributed by atoms with E-state index in [1.165, 1.54) is 30.5 Å². The van der Waals surface area contributed by atoms with E-state index in [-0.39, 0.29) is 71.5 Å². The molecule has 2 unspecified atom stereocenters. The van der Waals surface area contributed by atoms with Gasteiger partial charge in [0.1, 0.15) is 41.4 Å². The highest BCUT2D eigenvalue weighted by molar-refractivity contribution is 6.00. The number of piperazine rings is 1. The highest BCUT2D eigenvalue weighted by Gasteiger charge is 2.49. The summed E-state index contributed by atoms with van der Waals surface area (Å²) in [4.78, 5) is 32.8. The van der Waals surface area contributed by atoms with Gasteiger partial charge in [-0.25, -0.2) is 13.2 Å². The third-order valence-corrected chi connectivity index (χ3v) is 10.5. The number of rotatable bonds is 7. The van der Waals surface area contributed by atoms with Crippen LogP contribution in [0, 0.1) is 11.6 Å². The van der Waals surface area contributed by atoms with E-state index in [2.05, 4.69) is 14.9 Å². The Labute approximate surface area is 269 Å². The largest absolute Gasteiger partial charge is 0.508 e. The Morgan fingerprint density at radius 1 is 1.13 bits per heavy atom. The number of alkyl halides is 1. The number of aromatic hydroxyl groups is 1. The first-order valence-corrected chi connectivity index (χ1v) is 16.3. The Morgan fingerprint density at radius 2 is 1.94 bits per heavy atom. The molecule has 0 spiro atoms. The molecular formula is C34H36F3N7O3. The fourth-order valence-corrected chi connectivity index (χ4v) is 8.45. The molecule has 4 atom stereocenters. The summed E-state index contributed by atoms with van der Waals surface area (Å²) in [6.07, 6.45) is 4.56. The minimum Gasteiger partial charge on any atom is -0.508 e. The van der Waals surface area contributed by atoms with Gasteiger partial charge in [0.2, 0.25) is 5.91 Å². The number of benzene rings is 2. The van der Waals surface area contributed by atoms with Crippen LogP contribution in [0.2, 0.25) is 0 Å². The number of phenols is 1. The van der Waals surface area contributed by atoms with Crippen molar-refractivity contribution in [1.82, 2.24) is 24.8 Å². The van der Waals surface area contributed by atoms with Gasteiger partial charge in [0, 0.05) is 68.3 Å². The molecule has 4 aliphatic heterocycles. The molecule has 4 aromatic rings. The van der Waals surface area contributed by atoms with E-state index in [4.69, 9.17) is 15.5 Å². The van der Waals surface area contributed by atoms with Gasteiger partial charge in [0.25, 0.3) is 0 Å². The van der Waals surface area contributed by atoms with Crippen molar-refractivity contribution in [3.05, 3.63) is 48.2 Å². The first-order valence-electron chi connectivity index (χ1n) is 16.3. The van der Waals surface area contributed by atoms with E-state index in [0.717, 1.165) is 32.2 Å². The predicted molar refractivity (Wildman–Crippen MR) is 170 cm³/mol. The number of fused-ring (bicyclic) bond motifs is 5. The molecule has 2 aromatic carbocycles. The Bertz CT molecular complexity index is 1880. The molecule has 2 aromatic heterocycles. The Balaban J connectivity index is 1.23. The van der Waals surface area contributed by atoms with Crippen LogP contribution >= 0.6 is 0 Å². The molecule has 13 heteroatoms. The van der Waals surface area contributed by atoms with Crippen LogP contribution in [0.25, 0.3) is 32.9 Å². The van der Waals surface area contributed by atoms with Crippen molar-refractivity contribution in [3.63, 3.8) is 0 Å².